The summed E-state index contributed by atoms with van der Waals surface area (Å²) in [4.78, 5) is 0. The van der Waals surface area contributed by atoms with Gasteiger partial charge in [0, 0.05) is 0 Å². The van der Waals surface area contributed by atoms with Gasteiger partial charge in [-0.2, -0.15) is 0 Å². The molecular weight excluding hydrogens is 215 g/mol. The molecule has 0 fully saturated rings. The average Bonchev–Trinajstić information content (AvgIpc) is 2.11. The predicted octanol–water partition coefficient (Wildman–Crippen LogP) is 2.62. The van der Waals surface area contributed by atoms with Crippen LogP contribution in [0.25, 0.3) is 0 Å². The van der Waals surface area contributed by atoms with Crippen LogP contribution < -0.4 is 0 Å². The molecule has 0 amide bonds. The van der Waals surface area contributed by atoms with Gasteiger partial charge in [0.2, 0.25) is 0 Å². The Morgan fingerprint density at radius 3 is 2.20 bits per heavy atom. The van der Waals surface area contributed by atoms with Crippen molar-refractivity contribution in [3.05, 3.63) is 20.6 Å². The van der Waals surface area contributed by atoms with E-state index in [1.165, 1.54) is 6.42 Å². The Morgan fingerprint density at radius 2 is 2.00 bits per heavy atom. The second-order valence-electron chi connectivity index (χ2n) is 3.75. The van der Waals surface area contributed by atoms with Gasteiger partial charge >= 0.3 is 79.5 Å². The molecule has 10 heavy (non-hydrogen) atoms. The van der Waals surface area contributed by atoms with Crippen LogP contribution in [0.1, 0.15) is 6.42 Å². The van der Waals surface area contributed by atoms with Crippen LogP contribution in [0.3, 0.4) is 0 Å². The van der Waals surface area contributed by atoms with Gasteiger partial charge in [-0.15, -0.1) is 0 Å². The number of rotatable bonds is 1. The van der Waals surface area contributed by atoms with Gasteiger partial charge < -0.3 is 0 Å². The predicted molar refractivity (Wildman–Crippen MR) is 44.1 cm³/mol. The molecule has 0 aliphatic heterocycles. The van der Waals surface area contributed by atoms with Gasteiger partial charge in [0.1, 0.15) is 0 Å². The van der Waals surface area contributed by atoms with Crippen molar-refractivity contribution in [2.75, 3.05) is 0 Å². The van der Waals surface area contributed by atoms with Crippen molar-refractivity contribution in [3.8, 4) is 0 Å². The van der Waals surface area contributed by atoms with Crippen molar-refractivity contribution in [2.45, 2.75) is 26.1 Å². The summed E-state index contributed by atoms with van der Waals surface area (Å²) in [6, 6.07) is 0. The molecule has 0 N–H and O–H groups in total. The average molecular weight is 229 g/mol. The fourth-order valence-corrected chi connectivity index (χ4v) is 6.09. The van der Waals surface area contributed by atoms with E-state index >= 15 is 0 Å². The topological polar surface area (TPSA) is 0 Å². The first-order chi connectivity index (χ1) is 4.52. The van der Waals surface area contributed by atoms with Crippen molar-refractivity contribution in [1.82, 2.24) is 0 Å². The molecule has 0 aromatic heterocycles. The number of allylic oxidation sites excluding steroid dienone is 4. The van der Waals surface area contributed by atoms with E-state index in [0.717, 1.165) is 0 Å². The molecule has 1 aliphatic carbocycles. The van der Waals surface area contributed by atoms with E-state index in [1.54, 1.807) is 33.2 Å². The third-order valence-electron chi connectivity index (χ3n) is 1.74. The van der Waals surface area contributed by atoms with Crippen LogP contribution in [0.5, 0.6) is 0 Å². The molecule has 1 aliphatic rings. The molecule has 0 unspecified atom stereocenters. The van der Waals surface area contributed by atoms with Crippen LogP contribution in [0, 0.1) is 0 Å². The zero-order valence-corrected chi connectivity index (χ0v) is 10.3. The summed E-state index contributed by atoms with van der Waals surface area (Å²) in [5, 5.41) is 1.70. The minimum absolute atomic E-state index is 0.972. The summed E-state index contributed by atoms with van der Waals surface area (Å²) in [6.45, 7) is 7.26. The van der Waals surface area contributed by atoms with Crippen LogP contribution >= 0.6 is 0 Å². The Balaban J connectivity index is 2.91. The van der Waals surface area contributed by atoms with Crippen LogP contribution in [0.15, 0.2) is 20.6 Å². The van der Waals surface area contributed by atoms with Crippen LogP contribution in [0.4, 0.5) is 0 Å². The molecule has 0 atom stereocenters. The van der Waals surface area contributed by atoms with Crippen molar-refractivity contribution in [1.29, 1.82) is 0 Å². The Labute approximate surface area is 79.3 Å². The molecule has 0 nitrogen and oxygen atoms in total. The quantitative estimate of drug-likeness (QED) is 0.605. The Hall–Kier alpha value is 0.580. The van der Waals surface area contributed by atoms with E-state index in [0.29, 0.717) is 0 Å². The molecular formula is C8H13SiZr. The molecule has 0 aromatic carbocycles. The number of hydrogen-bond acceptors (Lipinski definition) is 0. The monoisotopic (exact) mass is 227 g/mol. The maximum atomic E-state index is 2.42. The van der Waals surface area contributed by atoms with Gasteiger partial charge in [0.15, 0.2) is 0 Å². The van der Waals surface area contributed by atoms with Gasteiger partial charge in [-0.05, 0) is 0 Å². The SMILES string of the molecule is C[Si](C)(C)C1=[C]([Zr])CC=C1. The molecule has 0 spiro atoms. The molecule has 0 saturated heterocycles. The van der Waals surface area contributed by atoms with Gasteiger partial charge in [-0.25, -0.2) is 0 Å². The summed E-state index contributed by atoms with van der Waals surface area (Å²) in [5.41, 5.74) is 0. The molecule has 0 bridgehead atoms. The first kappa shape index (κ1) is 8.67. The van der Waals surface area contributed by atoms with E-state index in [2.05, 4.69) is 31.8 Å². The Morgan fingerprint density at radius 1 is 1.40 bits per heavy atom. The fraction of sp³-hybridized carbons (Fsp3) is 0.500. The van der Waals surface area contributed by atoms with Gasteiger partial charge in [0.25, 0.3) is 0 Å². The molecule has 0 aromatic rings. The first-order valence-corrected chi connectivity index (χ1v) is 8.36. The van der Waals surface area contributed by atoms with Gasteiger partial charge in [-0.3, -0.25) is 0 Å². The van der Waals surface area contributed by atoms with Crippen LogP contribution in [-0.2, 0) is 24.7 Å². The molecule has 53 valence electrons. The van der Waals surface area contributed by atoms with E-state index < -0.39 is 8.07 Å². The van der Waals surface area contributed by atoms with Crippen molar-refractivity contribution in [3.63, 3.8) is 0 Å². The van der Waals surface area contributed by atoms with Crippen molar-refractivity contribution in [2.24, 2.45) is 0 Å². The van der Waals surface area contributed by atoms with Gasteiger partial charge in [0.05, 0.1) is 0 Å². The van der Waals surface area contributed by atoms with Crippen molar-refractivity contribution >= 4 is 8.07 Å². The second-order valence-corrected chi connectivity index (χ2v) is 10.3. The Kier molecular flexibility index (Phi) is 2.52. The fourth-order valence-electron chi connectivity index (χ4n) is 1.21. The molecule has 0 heterocycles. The zero-order chi connectivity index (χ0) is 7.78. The Bertz CT molecular complexity index is 196. The summed E-state index contributed by atoms with van der Waals surface area (Å²) in [6.07, 6.45) is 5.88. The molecule has 0 saturated carbocycles. The van der Waals surface area contributed by atoms with Crippen molar-refractivity contribution < 1.29 is 24.7 Å². The summed E-state index contributed by atoms with van der Waals surface area (Å²) in [5.74, 6) is 0. The first-order valence-electron chi connectivity index (χ1n) is 3.63. The summed E-state index contributed by atoms with van der Waals surface area (Å²) >= 11 is 1.62. The van der Waals surface area contributed by atoms with E-state index in [1.807, 2.05) is 0 Å². The third kappa shape index (κ3) is 1.79. The molecule has 0 radical (unpaired) electrons. The standard InChI is InChI=1S/C8H13Si.Zr/c1-9(2,3)8-6-4-5-7-8;/h4,6H,5H2,1-3H3;. The summed E-state index contributed by atoms with van der Waals surface area (Å²) < 4.78 is 1.69. The second kappa shape index (κ2) is 2.91. The van der Waals surface area contributed by atoms with E-state index in [9.17, 15) is 0 Å². The molecule has 2 heteroatoms. The van der Waals surface area contributed by atoms with Crippen LogP contribution in [0.2, 0.25) is 19.6 Å². The van der Waals surface area contributed by atoms with Crippen LogP contribution in [-0.4, -0.2) is 8.07 Å². The van der Waals surface area contributed by atoms with E-state index in [-0.39, 0.29) is 0 Å². The van der Waals surface area contributed by atoms with E-state index in [4.69, 9.17) is 0 Å². The zero-order valence-electron chi connectivity index (χ0n) is 6.86. The third-order valence-corrected chi connectivity index (χ3v) is 5.60. The number of hydrogen-bond donors (Lipinski definition) is 0. The van der Waals surface area contributed by atoms with Gasteiger partial charge in [-0.1, -0.05) is 0 Å². The minimum atomic E-state index is -0.972. The molecule has 1 rings (SSSR count). The normalized spacial score (nSPS) is 18.6. The maximum absolute atomic E-state index is 2.42. The summed E-state index contributed by atoms with van der Waals surface area (Å²) in [7, 11) is -0.972.